The van der Waals surface area contributed by atoms with Crippen molar-refractivity contribution in [3.63, 3.8) is 0 Å². The molecule has 0 fully saturated rings. The molecule has 0 aliphatic heterocycles. The van der Waals surface area contributed by atoms with Crippen molar-refractivity contribution in [2.24, 2.45) is 0 Å². The van der Waals surface area contributed by atoms with Gasteiger partial charge in [0.25, 0.3) is 5.91 Å². The van der Waals surface area contributed by atoms with Gasteiger partial charge in [-0.3, -0.25) is 19.2 Å². The fourth-order valence-electron chi connectivity index (χ4n) is 2.42. The first-order valence-electron chi connectivity index (χ1n) is 8.97. The Morgan fingerprint density at radius 2 is 1.30 bits per heavy atom. The monoisotopic (exact) mass is 415 g/mol. The van der Waals surface area contributed by atoms with Gasteiger partial charge in [0.1, 0.15) is 5.75 Å². The van der Waals surface area contributed by atoms with Crippen LogP contribution in [0.4, 0.5) is 5.69 Å². The van der Waals surface area contributed by atoms with Crippen LogP contribution in [0.15, 0.2) is 36.4 Å². The lowest BCUT2D eigenvalue weighted by molar-refractivity contribution is -0.135. The molecule has 0 spiro atoms. The number of ether oxygens (including phenoxy) is 4. The summed E-state index contributed by atoms with van der Waals surface area (Å²) in [6, 6.07) is 9.09. The second-order valence-electron chi connectivity index (χ2n) is 5.99. The van der Waals surface area contributed by atoms with Crippen LogP contribution in [-0.2, 0) is 14.4 Å². The number of benzene rings is 2. The van der Waals surface area contributed by atoms with Gasteiger partial charge in [-0.1, -0.05) is 0 Å². The fraction of sp³-hybridized carbons (Fsp3) is 0.238. The summed E-state index contributed by atoms with van der Waals surface area (Å²) in [6.45, 7) is 5.77. The second-order valence-corrected chi connectivity index (χ2v) is 5.99. The Morgan fingerprint density at radius 3 is 1.73 bits per heavy atom. The third-order valence-electron chi connectivity index (χ3n) is 3.46. The third kappa shape index (κ3) is 6.33. The van der Waals surface area contributed by atoms with Crippen molar-refractivity contribution in [3.05, 3.63) is 42.0 Å². The smallest absolute Gasteiger partial charge is 0.308 e. The van der Waals surface area contributed by atoms with Crippen LogP contribution in [0.5, 0.6) is 23.0 Å². The molecule has 0 saturated heterocycles. The standard InChI is InChI=1S/C21H21NO8/c1-5-27-17-8-6-16(7-9-17)22-21(26)15-10-18(28-12(2)23)20(30-14(4)25)19(11-15)29-13(3)24/h6-11H,5H2,1-4H3,(H,22,26). The van der Waals surface area contributed by atoms with Gasteiger partial charge in [-0.05, 0) is 43.3 Å². The van der Waals surface area contributed by atoms with E-state index in [0.717, 1.165) is 20.8 Å². The molecule has 0 saturated carbocycles. The van der Waals surface area contributed by atoms with E-state index < -0.39 is 23.8 Å². The molecule has 0 radical (unpaired) electrons. The summed E-state index contributed by atoms with van der Waals surface area (Å²) in [5, 5.41) is 2.67. The molecule has 1 amide bonds. The SMILES string of the molecule is CCOc1ccc(NC(=O)c2cc(OC(C)=O)c(OC(C)=O)c(OC(C)=O)c2)cc1. The van der Waals surface area contributed by atoms with Crippen molar-refractivity contribution in [2.45, 2.75) is 27.7 Å². The molecule has 0 aromatic heterocycles. The van der Waals surface area contributed by atoms with Crippen molar-refractivity contribution < 1.29 is 38.1 Å². The van der Waals surface area contributed by atoms with Gasteiger partial charge in [0, 0.05) is 32.0 Å². The summed E-state index contributed by atoms with van der Waals surface area (Å²) in [4.78, 5) is 47.1. The quantitative estimate of drug-likeness (QED) is 0.541. The molecule has 0 bridgehead atoms. The summed E-state index contributed by atoms with van der Waals surface area (Å²) in [7, 11) is 0. The van der Waals surface area contributed by atoms with E-state index in [1.807, 2.05) is 6.92 Å². The summed E-state index contributed by atoms with van der Waals surface area (Å²) < 4.78 is 20.5. The Balaban J connectivity index is 2.41. The highest BCUT2D eigenvalue weighted by Crippen LogP contribution is 2.39. The van der Waals surface area contributed by atoms with Crippen LogP contribution in [-0.4, -0.2) is 30.4 Å². The van der Waals surface area contributed by atoms with Crippen LogP contribution in [0.25, 0.3) is 0 Å². The van der Waals surface area contributed by atoms with E-state index >= 15 is 0 Å². The molecule has 0 heterocycles. The molecule has 1 N–H and O–H groups in total. The highest BCUT2D eigenvalue weighted by molar-refractivity contribution is 6.05. The van der Waals surface area contributed by atoms with E-state index in [9.17, 15) is 19.2 Å². The molecule has 2 rings (SSSR count). The first-order chi connectivity index (χ1) is 14.2. The van der Waals surface area contributed by atoms with Crippen LogP contribution < -0.4 is 24.3 Å². The maximum atomic E-state index is 12.7. The average molecular weight is 415 g/mol. The summed E-state index contributed by atoms with van der Waals surface area (Å²) in [5.41, 5.74) is 0.489. The summed E-state index contributed by atoms with van der Waals surface area (Å²) >= 11 is 0. The largest absolute Gasteiger partial charge is 0.494 e. The number of rotatable bonds is 7. The first-order valence-corrected chi connectivity index (χ1v) is 8.97. The topological polar surface area (TPSA) is 117 Å². The normalized spacial score (nSPS) is 10.0. The molecule has 9 nitrogen and oxygen atoms in total. The first kappa shape index (κ1) is 22.4. The van der Waals surface area contributed by atoms with Crippen molar-refractivity contribution in [1.82, 2.24) is 0 Å². The lowest BCUT2D eigenvalue weighted by Crippen LogP contribution is -2.15. The fourth-order valence-corrected chi connectivity index (χ4v) is 2.42. The number of hydrogen-bond donors (Lipinski definition) is 1. The molecule has 0 aliphatic rings. The van der Waals surface area contributed by atoms with Crippen molar-refractivity contribution in [2.75, 3.05) is 11.9 Å². The molecular weight excluding hydrogens is 394 g/mol. The summed E-state index contributed by atoms with van der Waals surface area (Å²) in [5.74, 6) is -2.87. The van der Waals surface area contributed by atoms with Gasteiger partial charge in [0.05, 0.1) is 6.61 Å². The number of hydrogen-bond acceptors (Lipinski definition) is 8. The lowest BCUT2D eigenvalue weighted by Gasteiger charge is -2.15. The molecule has 2 aromatic carbocycles. The van der Waals surface area contributed by atoms with E-state index in [1.54, 1.807) is 24.3 Å². The third-order valence-corrected chi connectivity index (χ3v) is 3.46. The predicted octanol–water partition coefficient (Wildman–Crippen LogP) is 3.11. The van der Waals surface area contributed by atoms with Gasteiger partial charge in [-0.25, -0.2) is 0 Å². The van der Waals surface area contributed by atoms with Gasteiger partial charge >= 0.3 is 17.9 Å². The number of anilines is 1. The van der Waals surface area contributed by atoms with Crippen LogP contribution in [0, 0.1) is 0 Å². The van der Waals surface area contributed by atoms with Gasteiger partial charge < -0.3 is 24.3 Å². The molecule has 2 aromatic rings. The van der Waals surface area contributed by atoms with E-state index in [0.29, 0.717) is 18.0 Å². The van der Waals surface area contributed by atoms with Crippen LogP contribution in [0.3, 0.4) is 0 Å². The number of carbonyl (C=O) groups excluding carboxylic acids is 4. The minimum absolute atomic E-state index is 0.00675. The van der Waals surface area contributed by atoms with E-state index in [-0.39, 0.29) is 22.8 Å². The van der Waals surface area contributed by atoms with Crippen LogP contribution in [0.1, 0.15) is 38.1 Å². The van der Waals surface area contributed by atoms with E-state index in [4.69, 9.17) is 18.9 Å². The zero-order chi connectivity index (χ0) is 22.3. The van der Waals surface area contributed by atoms with Crippen LogP contribution in [0.2, 0.25) is 0 Å². The molecular formula is C21H21NO8. The van der Waals surface area contributed by atoms with Crippen molar-refractivity contribution in [3.8, 4) is 23.0 Å². The van der Waals surface area contributed by atoms with E-state index in [1.165, 1.54) is 12.1 Å². The second kappa shape index (κ2) is 10.1. The average Bonchev–Trinajstić information content (AvgIpc) is 2.64. The zero-order valence-corrected chi connectivity index (χ0v) is 16.9. The number of amides is 1. The number of nitrogens with one attached hydrogen (secondary N) is 1. The molecule has 0 unspecified atom stereocenters. The Bertz CT molecular complexity index is 928. The Labute approximate surface area is 172 Å². The van der Waals surface area contributed by atoms with Gasteiger partial charge in [-0.2, -0.15) is 0 Å². The van der Waals surface area contributed by atoms with Gasteiger partial charge in [0.2, 0.25) is 5.75 Å². The maximum Gasteiger partial charge on any atom is 0.308 e. The molecule has 0 aliphatic carbocycles. The summed E-state index contributed by atoms with van der Waals surface area (Å²) in [6.07, 6.45) is 0. The highest BCUT2D eigenvalue weighted by Gasteiger charge is 2.22. The van der Waals surface area contributed by atoms with Gasteiger partial charge in [0.15, 0.2) is 11.5 Å². The maximum absolute atomic E-state index is 12.7. The van der Waals surface area contributed by atoms with Crippen molar-refractivity contribution in [1.29, 1.82) is 0 Å². The lowest BCUT2D eigenvalue weighted by atomic mass is 10.1. The molecule has 158 valence electrons. The molecule has 9 heteroatoms. The molecule has 0 atom stereocenters. The molecule has 30 heavy (non-hydrogen) atoms. The van der Waals surface area contributed by atoms with E-state index in [2.05, 4.69) is 5.32 Å². The van der Waals surface area contributed by atoms with Crippen LogP contribution >= 0.6 is 0 Å². The number of carbonyl (C=O) groups is 4. The Kier molecular flexibility index (Phi) is 7.51. The van der Waals surface area contributed by atoms with Crippen molar-refractivity contribution >= 4 is 29.5 Å². The minimum atomic E-state index is -0.733. The predicted molar refractivity (Wildman–Crippen MR) is 106 cm³/mol. The zero-order valence-electron chi connectivity index (χ0n) is 16.9. The Morgan fingerprint density at radius 1 is 0.800 bits per heavy atom. The Hall–Kier alpha value is -3.88. The highest BCUT2D eigenvalue weighted by atomic mass is 16.6. The number of esters is 3. The minimum Gasteiger partial charge on any atom is -0.494 e. The van der Waals surface area contributed by atoms with Gasteiger partial charge in [-0.15, -0.1) is 0 Å².